The van der Waals surface area contributed by atoms with Crippen molar-refractivity contribution < 1.29 is 14.3 Å². The molecule has 25 heavy (non-hydrogen) atoms. The molecule has 0 aliphatic carbocycles. The number of carbonyl (C=O) groups excluding carboxylic acids is 2. The average molecular weight is 396 g/mol. The minimum absolute atomic E-state index is 0.271. The number of hydrogen-bond acceptors (Lipinski definition) is 3. The zero-order chi connectivity index (χ0) is 17.6. The van der Waals surface area contributed by atoms with Gasteiger partial charge in [0.15, 0.2) is 5.75 Å². The van der Waals surface area contributed by atoms with Crippen LogP contribution in [0.1, 0.15) is 20.7 Å². The first-order valence-electron chi connectivity index (χ1n) is 7.56. The van der Waals surface area contributed by atoms with Gasteiger partial charge in [0.05, 0.1) is 11.3 Å². The summed E-state index contributed by atoms with van der Waals surface area (Å²) in [5.74, 6) is -0.471. The SMILES string of the molecule is O=C(Nc1ccccc1OC(=O)c1ccc(Br)cc1)c1ccccc1. The lowest BCUT2D eigenvalue weighted by Crippen LogP contribution is -2.14. The van der Waals surface area contributed by atoms with Crippen molar-refractivity contribution in [2.75, 3.05) is 5.32 Å². The van der Waals surface area contributed by atoms with E-state index in [1.165, 1.54) is 0 Å². The molecule has 0 saturated heterocycles. The fourth-order valence-electron chi connectivity index (χ4n) is 2.19. The Morgan fingerprint density at radius 3 is 2.12 bits per heavy atom. The van der Waals surface area contributed by atoms with Crippen LogP contribution in [0.2, 0.25) is 0 Å². The average Bonchev–Trinajstić information content (AvgIpc) is 2.64. The summed E-state index contributed by atoms with van der Waals surface area (Å²) < 4.78 is 6.31. The summed E-state index contributed by atoms with van der Waals surface area (Å²) >= 11 is 3.32. The van der Waals surface area contributed by atoms with E-state index >= 15 is 0 Å². The first-order chi connectivity index (χ1) is 12.1. The van der Waals surface area contributed by atoms with Crippen LogP contribution in [0.25, 0.3) is 0 Å². The summed E-state index contributed by atoms with van der Waals surface area (Å²) in [6, 6.07) is 22.5. The van der Waals surface area contributed by atoms with Gasteiger partial charge >= 0.3 is 5.97 Å². The number of halogens is 1. The van der Waals surface area contributed by atoms with Crippen molar-refractivity contribution in [3.63, 3.8) is 0 Å². The van der Waals surface area contributed by atoms with E-state index in [4.69, 9.17) is 4.74 Å². The summed E-state index contributed by atoms with van der Waals surface area (Å²) in [5, 5.41) is 2.77. The molecule has 3 aromatic rings. The molecule has 124 valence electrons. The molecule has 0 heterocycles. The van der Waals surface area contributed by atoms with Crippen LogP contribution >= 0.6 is 15.9 Å². The molecule has 0 unspecified atom stereocenters. The summed E-state index contributed by atoms with van der Waals surface area (Å²) in [6.07, 6.45) is 0. The van der Waals surface area contributed by atoms with E-state index in [-0.39, 0.29) is 5.91 Å². The first kappa shape index (κ1) is 16.9. The highest BCUT2D eigenvalue weighted by Crippen LogP contribution is 2.25. The van der Waals surface area contributed by atoms with Crippen LogP contribution < -0.4 is 10.1 Å². The number of amides is 1. The van der Waals surface area contributed by atoms with Gasteiger partial charge in [-0.3, -0.25) is 4.79 Å². The van der Waals surface area contributed by atoms with E-state index in [0.717, 1.165) is 4.47 Å². The van der Waals surface area contributed by atoms with Gasteiger partial charge in [-0.15, -0.1) is 0 Å². The maximum Gasteiger partial charge on any atom is 0.343 e. The van der Waals surface area contributed by atoms with Crippen LogP contribution in [-0.2, 0) is 0 Å². The van der Waals surface area contributed by atoms with Gasteiger partial charge in [-0.1, -0.05) is 46.3 Å². The van der Waals surface area contributed by atoms with E-state index in [1.807, 2.05) is 6.07 Å². The summed E-state index contributed by atoms with van der Waals surface area (Å²) in [4.78, 5) is 24.6. The minimum atomic E-state index is -0.492. The third kappa shape index (κ3) is 4.33. The molecule has 0 saturated carbocycles. The van der Waals surface area contributed by atoms with E-state index in [1.54, 1.807) is 72.8 Å². The highest BCUT2D eigenvalue weighted by atomic mass is 79.9. The maximum absolute atomic E-state index is 12.3. The van der Waals surface area contributed by atoms with Crippen molar-refractivity contribution in [3.8, 4) is 5.75 Å². The Hall–Kier alpha value is -2.92. The molecule has 1 N–H and O–H groups in total. The Morgan fingerprint density at radius 2 is 1.40 bits per heavy atom. The minimum Gasteiger partial charge on any atom is -0.421 e. The normalized spacial score (nSPS) is 10.1. The fraction of sp³-hybridized carbons (Fsp3) is 0. The number of benzene rings is 3. The molecule has 0 spiro atoms. The van der Waals surface area contributed by atoms with E-state index in [2.05, 4.69) is 21.2 Å². The van der Waals surface area contributed by atoms with Gasteiger partial charge in [-0.25, -0.2) is 4.79 Å². The van der Waals surface area contributed by atoms with E-state index < -0.39 is 5.97 Å². The molecule has 0 bridgehead atoms. The van der Waals surface area contributed by atoms with E-state index in [9.17, 15) is 9.59 Å². The monoisotopic (exact) mass is 395 g/mol. The van der Waals surface area contributed by atoms with Gasteiger partial charge in [0.25, 0.3) is 5.91 Å². The molecule has 4 nitrogen and oxygen atoms in total. The molecular weight excluding hydrogens is 382 g/mol. The number of ether oxygens (including phenoxy) is 1. The second-order valence-corrected chi connectivity index (χ2v) is 6.13. The topological polar surface area (TPSA) is 55.4 Å². The third-order valence-corrected chi connectivity index (χ3v) is 3.98. The van der Waals surface area contributed by atoms with Crippen molar-refractivity contribution in [1.29, 1.82) is 0 Å². The van der Waals surface area contributed by atoms with Gasteiger partial charge in [0, 0.05) is 10.0 Å². The zero-order valence-corrected chi connectivity index (χ0v) is 14.7. The second-order valence-electron chi connectivity index (χ2n) is 5.21. The number of carbonyl (C=O) groups is 2. The molecule has 0 aliphatic rings. The third-order valence-electron chi connectivity index (χ3n) is 3.45. The highest BCUT2D eigenvalue weighted by Gasteiger charge is 2.13. The molecule has 0 aromatic heterocycles. The van der Waals surface area contributed by atoms with Crippen LogP contribution in [0.15, 0.2) is 83.3 Å². The molecule has 0 aliphatic heterocycles. The lowest BCUT2D eigenvalue weighted by Gasteiger charge is -2.11. The number of rotatable bonds is 4. The van der Waals surface area contributed by atoms with Crippen molar-refractivity contribution >= 4 is 33.5 Å². The largest absolute Gasteiger partial charge is 0.421 e. The zero-order valence-electron chi connectivity index (χ0n) is 13.1. The predicted octanol–water partition coefficient (Wildman–Crippen LogP) is 4.92. The van der Waals surface area contributed by atoms with Crippen molar-refractivity contribution in [1.82, 2.24) is 0 Å². The Bertz CT molecular complexity index is 892. The molecule has 1 amide bonds. The number of esters is 1. The maximum atomic E-state index is 12.3. The van der Waals surface area contributed by atoms with Crippen LogP contribution in [-0.4, -0.2) is 11.9 Å². The number of anilines is 1. The first-order valence-corrected chi connectivity index (χ1v) is 8.36. The second kappa shape index (κ2) is 7.77. The van der Waals surface area contributed by atoms with Crippen LogP contribution in [0.4, 0.5) is 5.69 Å². The predicted molar refractivity (Wildman–Crippen MR) is 99.9 cm³/mol. The molecule has 0 fully saturated rings. The lowest BCUT2D eigenvalue weighted by molar-refractivity contribution is 0.0734. The summed E-state index contributed by atoms with van der Waals surface area (Å²) in [7, 11) is 0. The van der Waals surface area contributed by atoms with Crippen LogP contribution in [0.5, 0.6) is 5.75 Å². The standard InChI is InChI=1S/C20H14BrNO3/c21-16-12-10-15(11-13-16)20(24)25-18-9-5-4-8-17(18)22-19(23)14-6-2-1-3-7-14/h1-13H,(H,22,23). The molecule has 5 heteroatoms. The number of nitrogens with one attached hydrogen (secondary N) is 1. The lowest BCUT2D eigenvalue weighted by atomic mass is 10.2. The Kier molecular flexibility index (Phi) is 5.26. The van der Waals surface area contributed by atoms with Gasteiger partial charge < -0.3 is 10.1 Å². The molecule has 3 aromatic carbocycles. The van der Waals surface area contributed by atoms with Gasteiger partial charge in [-0.2, -0.15) is 0 Å². The van der Waals surface area contributed by atoms with Crippen molar-refractivity contribution in [2.24, 2.45) is 0 Å². The van der Waals surface area contributed by atoms with Crippen LogP contribution in [0.3, 0.4) is 0 Å². The Morgan fingerprint density at radius 1 is 0.760 bits per heavy atom. The molecule has 3 rings (SSSR count). The highest BCUT2D eigenvalue weighted by molar-refractivity contribution is 9.10. The molecule has 0 radical (unpaired) electrons. The van der Waals surface area contributed by atoms with Crippen molar-refractivity contribution in [2.45, 2.75) is 0 Å². The van der Waals surface area contributed by atoms with Gasteiger partial charge in [-0.05, 0) is 48.5 Å². The number of hydrogen-bond donors (Lipinski definition) is 1. The molecule has 0 atom stereocenters. The van der Waals surface area contributed by atoms with Gasteiger partial charge in [0.2, 0.25) is 0 Å². The molecular formula is C20H14BrNO3. The summed E-state index contributed by atoms with van der Waals surface area (Å²) in [6.45, 7) is 0. The van der Waals surface area contributed by atoms with Crippen molar-refractivity contribution in [3.05, 3.63) is 94.5 Å². The number of para-hydroxylation sites is 2. The van der Waals surface area contributed by atoms with Crippen LogP contribution in [0, 0.1) is 0 Å². The van der Waals surface area contributed by atoms with E-state index in [0.29, 0.717) is 22.6 Å². The summed E-state index contributed by atoms with van der Waals surface area (Å²) in [5.41, 5.74) is 1.38. The Balaban J connectivity index is 1.78. The van der Waals surface area contributed by atoms with Gasteiger partial charge in [0.1, 0.15) is 0 Å². The fourth-order valence-corrected chi connectivity index (χ4v) is 2.45. The quantitative estimate of drug-likeness (QED) is 0.503. The smallest absolute Gasteiger partial charge is 0.343 e. The Labute approximate surface area is 153 Å².